The lowest BCUT2D eigenvalue weighted by Crippen LogP contribution is -2.33. The molecule has 0 spiro atoms. The van der Waals surface area contributed by atoms with Crippen molar-refractivity contribution in [1.82, 2.24) is 5.01 Å². The number of rotatable bonds is 3. The lowest BCUT2D eigenvalue weighted by atomic mass is 9.86. The first-order valence-corrected chi connectivity index (χ1v) is 5.21. The van der Waals surface area contributed by atoms with Crippen LogP contribution in [0.4, 0.5) is 0 Å². The number of amides is 1. The van der Waals surface area contributed by atoms with Gasteiger partial charge in [-0.15, -0.1) is 0 Å². The van der Waals surface area contributed by atoms with Gasteiger partial charge in [-0.3, -0.25) is 9.80 Å². The summed E-state index contributed by atoms with van der Waals surface area (Å²) in [6.45, 7) is 0. The van der Waals surface area contributed by atoms with E-state index in [1.54, 1.807) is 7.05 Å². The second-order valence-electron chi connectivity index (χ2n) is 4.05. The molecule has 0 bridgehead atoms. The first-order valence-electron chi connectivity index (χ1n) is 5.21. The number of nitrogens with two attached hydrogens (primary N) is 1. The predicted octanol–water partition coefficient (Wildman–Crippen LogP) is 1.68. The van der Waals surface area contributed by atoms with E-state index in [1.165, 1.54) is 37.1 Å². The lowest BCUT2D eigenvalue weighted by Gasteiger charge is -2.21. The van der Waals surface area contributed by atoms with Gasteiger partial charge in [-0.1, -0.05) is 32.1 Å². The number of hydrogen-bond donors (Lipinski definition) is 1. The Hall–Kier alpha value is -0.570. The van der Waals surface area contributed by atoms with Gasteiger partial charge in [0.05, 0.1) is 0 Å². The molecule has 0 aromatic carbocycles. The summed E-state index contributed by atoms with van der Waals surface area (Å²) < 4.78 is 0. The first kappa shape index (κ1) is 10.5. The van der Waals surface area contributed by atoms with E-state index < -0.39 is 0 Å². The maximum absolute atomic E-state index is 11.2. The molecule has 76 valence electrons. The van der Waals surface area contributed by atoms with Crippen molar-refractivity contribution in [1.29, 1.82) is 0 Å². The smallest absolute Gasteiger partial charge is 0.236 e. The molecule has 1 saturated carbocycles. The lowest BCUT2D eigenvalue weighted by molar-refractivity contribution is -0.130. The van der Waals surface area contributed by atoms with Crippen LogP contribution in [-0.2, 0) is 4.79 Å². The second kappa shape index (κ2) is 5.22. The van der Waals surface area contributed by atoms with Crippen molar-refractivity contribution in [2.45, 2.75) is 44.9 Å². The Bertz CT molecular complexity index is 162. The van der Waals surface area contributed by atoms with E-state index in [0.29, 0.717) is 6.42 Å². The van der Waals surface area contributed by atoms with Gasteiger partial charge in [-0.25, -0.2) is 5.84 Å². The third-order valence-corrected chi connectivity index (χ3v) is 2.88. The molecule has 0 aromatic rings. The quantitative estimate of drug-likeness (QED) is 0.412. The fourth-order valence-corrected chi connectivity index (χ4v) is 1.98. The second-order valence-corrected chi connectivity index (χ2v) is 4.05. The highest BCUT2D eigenvalue weighted by atomic mass is 16.2. The summed E-state index contributed by atoms with van der Waals surface area (Å²) in [4.78, 5) is 11.2. The van der Waals surface area contributed by atoms with Crippen LogP contribution in [-0.4, -0.2) is 18.0 Å². The van der Waals surface area contributed by atoms with Crippen LogP contribution >= 0.6 is 0 Å². The van der Waals surface area contributed by atoms with Crippen LogP contribution in [0.15, 0.2) is 0 Å². The molecule has 0 atom stereocenters. The van der Waals surface area contributed by atoms with Gasteiger partial charge in [0.15, 0.2) is 0 Å². The van der Waals surface area contributed by atoms with Crippen molar-refractivity contribution >= 4 is 5.91 Å². The number of carbonyl (C=O) groups is 1. The largest absolute Gasteiger partial charge is 0.284 e. The van der Waals surface area contributed by atoms with Crippen LogP contribution < -0.4 is 5.84 Å². The molecule has 3 heteroatoms. The highest BCUT2D eigenvalue weighted by Gasteiger charge is 2.15. The van der Waals surface area contributed by atoms with Crippen LogP contribution in [0.2, 0.25) is 0 Å². The Labute approximate surface area is 80.2 Å². The van der Waals surface area contributed by atoms with Gasteiger partial charge in [0.2, 0.25) is 5.91 Å². The SMILES string of the molecule is CN(N)C(=O)CCC1CCCCC1. The van der Waals surface area contributed by atoms with Crippen molar-refractivity contribution in [3.05, 3.63) is 0 Å². The van der Waals surface area contributed by atoms with Gasteiger partial charge < -0.3 is 0 Å². The van der Waals surface area contributed by atoms with Crippen molar-refractivity contribution in [2.75, 3.05) is 7.05 Å². The third kappa shape index (κ3) is 3.77. The van der Waals surface area contributed by atoms with Gasteiger partial charge in [0.1, 0.15) is 0 Å². The van der Waals surface area contributed by atoms with E-state index in [-0.39, 0.29) is 5.91 Å². The molecule has 1 aliphatic carbocycles. The van der Waals surface area contributed by atoms with Crippen molar-refractivity contribution in [2.24, 2.45) is 11.8 Å². The number of nitrogens with zero attached hydrogens (tertiary/aromatic N) is 1. The minimum atomic E-state index is 0.0607. The van der Waals surface area contributed by atoms with Crippen LogP contribution in [0, 0.1) is 5.92 Å². The summed E-state index contributed by atoms with van der Waals surface area (Å²) in [6, 6.07) is 0. The number of carbonyl (C=O) groups excluding carboxylic acids is 1. The molecule has 1 aliphatic rings. The van der Waals surface area contributed by atoms with Gasteiger partial charge in [0, 0.05) is 13.5 Å². The minimum absolute atomic E-state index is 0.0607. The summed E-state index contributed by atoms with van der Waals surface area (Å²) in [7, 11) is 1.61. The van der Waals surface area contributed by atoms with Gasteiger partial charge >= 0.3 is 0 Å². The normalized spacial score (nSPS) is 18.6. The standard InChI is InChI=1S/C10H20N2O/c1-12(11)10(13)8-7-9-5-3-2-4-6-9/h9H,2-8,11H2,1H3. The average molecular weight is 184 g/mol. The molecule has 1 rings (SSSR count). The molecule has 0 aromatic heterocycles. The molecule has 1 fully saturated rings. The molecule has 3 nitrogen and oxygen atoms in total. The molecule has 0 aliphatic heterocycles. The zero-order valence-corrected chi connectivity index (χ0v) is 8.46. The maximum atomic E-state index is 11.2. The van der Waals surface area contributed by atoms with E-state index in [1.807, 2.05) is 0 Å². The van der Waals surface area contributed by atoms with Gasteiger partial charge in [0.25, 0.3) is 0 Å². The van der Waals surface area contributed by atoms with Crippen LogP contribution in [0.1, 0.15) is 44.9 Å². The molecular weight excluding hydrogens is 164 g/mol. The molecule has 1 amide bonds. The Morgan fingerprint density at radius 2 is 2.00 bits per heavy atom. The van der Waals surface area contributed by atoms with Crippen LogP contribution in [0.3, 0.4) is 0 Å². The Kier molecular flexibility index (Phi) is 4.22. The molecular formula is C10H20N2O. The van der Waals surface area contributed by atoms with Gasteiger partial charge in [-0.05, 0) is 12.3 Å². The summed E-state index contributed by atoms with van der Waals surface area (Å²) in [5.74, 6) is 6.17. The molecule has 0 heterocycles. The van der Waals surface area contributed by atoms with E-state index in [9.17, 15) is 4.79 Å². The monoisotopic (exact) mass is 184 g/mol. The summed E-state index contributed by atoms with van der Waals surface area (Å²) in [6.07, 6.45) is 8.33. The fraction of sp³-hybridized carbons (Fsp3) is 0.900. The topological polar surface area (TPSA) is 46.3 Å². The first-order chi connectivity index (χ1) is 6.20. The summed E-state index contributed by atoms with van der Waals surface area (Å²) in [5, 5.41) is 1.20. The summed E-state index contributed by atoms with van der Waals surface area (Å²) >= 11 is 0. The summed E-state index contributed by atoms with van der Waals surface area (Å²) in [5.41, 5.74) is 0. The highest BCUT2D eigenvalue weighted by molar-refractivity contribution is 5.75. The van der Waals surface area contributed by atoms with Crippen LogP contribution in [0.25, 0.3) is 0 Å². The van der Waals surface area contributed by atoms with Crippen molar-refractivity contribution in [3.63, 3.8) is 0 Å². The van der Waals surface area contributed by atoms with E-state index >= 15 is 0 Å². The zero-order chi connectivity index (χ0) is 9.68. The van der Waals surface area contributed by atoms with Crippen molar-refractivity contribution in [3.8, 4) is 0 Å². The number of hydrogen-bond acceptors (Lipinski definition) is 2. The van der Waals surface area contributed by atoms with E-state index in [2.05, 4.69) is 0 Å². The van der Waals surface area contributed by atoms with Crippen LogP contribution in [0.5, 0.6) is 0 Å². The Balaban J connectivity index is 2.13. The predicted molar refractivity (Wildman–Crippen MR) is 52.8 cm³/mol. The molecule has 13 heavy (non-hydrogen) atoms. The molecule has 2 N–H and O–H groups in total. The maximum Gasteiger partial charge on any atom is 0.236 e. The van der Waals surface area contributed by atoms with E-state index in [0.717, 1.165) is 12.3 Å². The zero-order valence-electron chi connectivity index (χ0n) is 8.46. The Morgan fingerprint density at radius 3 is 2.54 bits per heavy atom. The molecule has 0 saturated heterocycles. The highest BCUT2D eigenvalue weighted by Crippen LogP contribution is 2.27. The molecule has 0 radical (unpaired) electrons. The fourth-order valence-electron chi connectivity index (χ4n) is 1.98. The minimum Gasteiger partial charge on any atom is -0.284 e. The number of hydrazine groups is 1. The molecule has 0 unspecified atom stereocenters. The average Bonchev–Trinajstić information content (AvgIpc) is 2.15. The third-order valence-electron chi connectivity index (χ3n) is 2.88. The van der Waals surface area contributed by atoms with Gasteiger partial charge in [-0.2, -0.15) is 0 Å². The van der Waals surface area contributed by atoms with E-state index in [4.69, 9.17) is 5.84 Å². The Morgan fingerprint density at radius 1 is 1.38 bits per heavy atom. The van der Waals surface area contributed by atoms with Crippen molar-refractivity contribution < 1.29 is 4.79 Å².